The van der Waals surface area contributed by atoms with Gasteiger partial charge in [0, 0.05) is 5.39 Å². The van der Waals surface area contributed by atoms with E-state index in [-0.39, 0.29) is 11.4 Å². The van der Waals surface area contributed by atoms with Gasteiger partial charge in [0.05, 0.1) is 66.4 Å². The van der Waals surface area contributed by atoms with E-state index in [2.05, 4.69) is 20.1 Å². The molecule has 4 rings (SSSR count). The van der Waals surface area contributed by atoms with Crippen molar-refractivity contribution in [2.24, 2.45) is 4.99 Å². The number of aliphatic hydroxyl groups excluding tert-OH is 1. The van der Waals surface area contributed by atoms with E-state index in [4.69, 9.17) is 4.74 Å². The van der Waals surface area contributed by atoms with Gasteiger partial charge < -0.3 is 19.9 Å². The van der Waals surface area contributed by atoms with Crippen LogP contribution in [0.4, 0.5) is 10.1 Å². The predicted molar refractivity (Wildman–Crippen MR) is 115 cm³/mol. The molecular formula is C22H22FN5O3. The number of fused-ring (bicyclic) bond motifs is 1. The summed E-state index contributed by atoms with van der Waals surface area (Å²) in [6.45, 7) is 3.79. The lowest BCUT2D eigenvalue weighted by Crippen LogP contribution is -2.11. The molecule has 0 spiro atoms. The Kier molecular flexibility index (Phi) is 5.43. The fraction of sp³-hybridized carbons (Fsp3) is 0.227. The van der Waals surface area contributed by atoms with Gasteiger partial charge >= 0.3 is 0 Å². The van der Waals surface area contributed by atoms with E-state index in [1.807, 2.05) is 0 Å². The molecule has 1 atom stereocenters. The summed E-state index contributed by atoms with van der Waals surface area (Å²) >= 11 is 0. The first-order chi connectivity index (χ1) is 14.9. The molecule has 0 amide bonds. The number of pyridine rings is 1. The van der Waals surface area contributed by atoms with Crippen molar-refractivity contribution in [2.45, 2.75) is 26.5 Å². The second-order valence-electron chi connectivity index (χ2n) is 7.25. The Morgan fingerprint density at radius 2 is 2.16 bits per heavy atom. The molecule has 9 heteroatoms. The van der Waals surface area contributed by atoms with Crippen LogP contribution in [0.5, 0.6) is 11.6 Å². The van der Waals surface area contributed by atoms with Crippen molar-refractivity contribution in [3.8, 4) is 22.9 Å². The number of rotatable bonds is 6. The lowest BCUT2D eigenvalue weighted by molar-refractivity contribution is 0.168. The van der Waals surface area contributed by atoms with Crippen LogP contribution in [-0.2, 0) is 6.54 Å². The average Bonchev–Trinajstić information content (AvgIpc) is 3.29. The van der Waals surface area contributed by atoms with E-state index in [1.54, 1.807) is 49.1 Å². The highest BCUT2D eigenvalue weighted by atomic mass is 19.1. The summed E-state index contributed by atoms with van der Waals surface area (Å²) in [5, 5.41) is 24.8. The first-order valence-electron chi connectivity index (χ1n) is 9.67. The van der Waals surface area contributed by atoms with Gasteiger partial charge in [-0.1, -0.05) is 6.07 Å². The number of nitrogens with one attached hydrogen (secondary N) is 1. The molecule has 3 heterocycles. The number of H-pyrrole nitrogens is 1. The van der Waals surface area contributed by atoms with E-state index < -0.39 is 11.9 Å². The molecule has 3 aromatic heterocycles. The molecule has 8 nitrogen and oxygen atoms in total. The minimum Gasteiger partial charge on any atom is -0.496 e. The number of nitrogens with zero attached hydrogens (tertiary/aromatic N) is 4. The first kappa shape index (κ1) is 20.5. The number of benzene rings is 1. The Bertz CT molecular complexity index is 1280. The van der Waals surface area contributed by atoms with Gasteiger partial charge in [-0.15, -0.1) is 0 Å². The number of aromatic hydroxyl groups is 1. The van der Waals surface area contributed by atoms with Gasteiger partial charge in [0.25, 0.3) is 0 Å². The van der Waals surface area contributed by atoms with Gasteiger partial charge in [0.2, 0.25) is 0 Å². The number of hydrogen-bond donors (Lipinski definition) is 3. The second-order valence-corrected chi connectivity index (χ2v) is 7.25. The molecule has 160 valence electrons. The molecule has 31 heavy (non-hydrogen) atoms. The van der Waals surface area contributed by atoms with Crippen LogP contribution in [0.1, 0.15) is 19.4 Å². The molecule has 0 unspecified atom stereocenters. The lowest BCUT2D eigenvalue weighted by Gasteiger charge is -2.09. The van der Waals surface area contributed by atoms with Crippen LogP contribution in [-0.4, -0.2) is 48.9 Å². The number of aliphatic hydroxyl groups is 1. The molecule has 0 saturated heterocycles. The number of methoxy groups -OCH3 is 1. The van der Waals surface area contributed by atoms with Crippen LogP contribution in [0.3, 0.4) is 0 Å². The van der Waals surface area contributed by atoms with Crippen molar-refractivity contribution in [1.82, 2.24) is 19.7 Å². The Labute approximate surface area is 177 Å². The second kappa shape index (κ2) is 8.19. The van der Waals surface area contributed by atoms with E-state index in [9.17, 15) is 14.6 Å². The van der Waals surface area contributed by atoms with Crippen molar-refractivity contribution in [2.75, 3.05) is 7.11 Å². The van der Waals surface area contributed by atoms with Crippen molar-refractivity contribution in [3.63, 3.8) is 0 Å². The molecule has 0 saturated carbocycles. The summed E-state index contributed by atoms with van der Waals surface area (Å²) in [6.07, 6.45) is 4.29. The van der Waals surface area contributed by atoms with E-state index >= 15 is 0 Å². The number of halogens is 1. The van der Waals surface area contributed by atoms with E-state index in [1.165, 1.54) is 19.4 Å². The van der Waals surface area contributed by atoms with E-state index in [0.717, 1.165) is 0 Å². The average molecular weight is 423 g/mol. The van der Waals surface area contributed by atoms with Gasteiger partial charge in [-0.3, -0.25) is 9.67 Å². The topological polar surface area (TPSA) is 109 Å². The quantitative estimate of drug-likeness (QED) is 0.409. The number of aromatic amines is 1. The standard InChI is InChI=1S/C22H22FN5O3/c1-12(29)10-28-11-14(8-25-28)26-13(2)20-15-7-17(24-9-18(15)27-22(20)30)21-16(23)5-4-6-19(21)31-3/h4-9,11-12,27,29-30H,10H2,1-3H3/t12-/m0/s1. The molecule has 0 aliphatic heterocycles. The minimum atomic E-state index is -0.531. The summed E-state index contributed by atoms with van der Waals surface area (Å²) in [4.78, 5) is 11.8. The summed E-state index contributed by atoms with van der Waals surface area (Å²) < 4.78 is 21.4. The van der Waals surface area contributed by atoms with Crippen LogP contribution in [0, 0.1) is 5.82 Å². The SMILES string of the molecule is COc1cccc(F)c1-c1cc2c(C(C)=Nc3cnn(C[C@H](C)O)c3)c(O)[nH]c2cn1. The zero-order valence-corrected chi connectivity index (χ0v) is 17.3. The molecule has 0 aliphatic carbocycles. The van der Waals surface area contributed by atoms with Crippen LogP contribution in [0.25, 0.3) is 22.2 Å². The summed E-state index contributed by atoms with van der Waals surface area (Å²) in [5.41, 5.74) is 2.81. The van der Waals surface area contributed by atoms with Crippen molar-refractivity contribution >= 4 is 22.3 Å². The Hall–Kier alpha value is -3.72. The van der Waals surface area contributed by atoms with Gasteiger partial charge in [0.1, 0.15) is 17.3 Å². The number of aromatic nitrogens is 4. The molecule has 0 fully saturated rings. The molecule has 3 N–H and O–H groups in total. The third-order valence-electron chi connectivity index (χ3n) is 4.84. The van der Waals surface area contributed by atoms with E-state index in [0.29, 0.717) is 45.9 Å². The van der Waals surface area contributed by atoms with Crippen LogP contribution >= 0.6 is 0 Å². The fourth-order valence-corrected chi connectivity index (χ4v) is 3.54. The van der Waals surface area contributed by atoms with Crippen LogP contribution in [0.2, 0.25) is 0 Å². The number of hydrogen-bond acceptors (Lipinski definition) is 6. The zero-order valence-electron chi connectivity index (χ0n) is 17.3. The fourth-order valence-electron chi connectivity index (χ4n) is 3.54. The monoisotopic (exact) mass is 423 g/mol. The maximum absolute atomic E-state index is 14.5. The van der Waals surface area contributed by atoms with Crippen molar-refractivity contribution in [1.29, 1.82) is 0 Å². The number of aliphatic imine (C=N–C) groups is 1. The van der Waals surface area contributed by atoms with Gasteiger partial charge in [-0.25, -0.2) is 9.38 Å². The highest BCUT2D eigenvalue weighted by Gasteiger charge is 2.18. The molecule has 0 bridgehead atoms. The van der Waals surface area contributed by atoms with Crippen LogP contribution < -0.4 is 4.74 Å². The Balaban J connectivity index is 1.79. The molecule has 0 aliphatic rings. The largest absolute Gasteiger partial charge is 0.496 e. The predicted octanol–water partition coefficient (Wildman–Crippen LogP) is 3.80. The maximum atomic E-state index is 14.5. The summed E-state index contributed by atoms with van der Waals surface area (Å²) in [5.74, 6) is -0.153. The van der Waals surface area contributed by atoms with Gasteiger partial charge in [-0.05, 0) is 32.0 Å². The molecule has 0 radical (unpaired) electrons. The normalized spacial score (nSPS) is 13.0. The van der Waals surface area contributed by atoms with Crippen molar-refractivity contribution in [3.05, 3.63) is 54.2 Å². The summed E-state index contributed by atoms with van der Waals surface area (Å²) in [7, 11) is 1.47. The highest BCUT2D eigenvalue weighted by molar-refractivity contribution is 6.13. The Morgan fingerprint density at radius 3 is 2.90 bits per heavy atom. The zero-order chi connectivity index (χ0) is 22.1. The minimum absolute atomic E-state index is 0.0629. The molecular weight excluding hydrogens is 401 g/mol. The van der Waals surface area contributed by atoms with Gasteiger partial charge in [0.15, 0.2) is 5.88 Å². The lowest BCUT2D eigenvalue weighted by atomic mass is 10.0. The summed E-state index contributed by atoms with van der Waals surface area (Å²) in [6, 6.07) is 6.27. The molecule has 4 aromatic rings. The first-order valence-corrected chi connectivity index (χ1v) is 9.67. The number of ether oxygens (including phenoxy) is 1. The smallest absolute Gasteiger partial charge is 0.198 e. The van der Waals surface area contributed by atoms with Crippen LogP contribution in [0.15, 0.2) is 47.8 Å². The van der Waals surface area contributed by atoms with Crippen molar-refractivity contribution < 1.29 is 19.3 Å². The third-order valence-corrected chi connectivity index (χ3v) is 4.84. The van der Waals surface area contributed by atoms with Gasteiger partial charge in [-0.2, -0.15) is 5.10 Å². The highest BCUT2D eigenvalue weighted by Crippen LogP contribution is 2.35. The third kappa shape index (κ3) is 3.99. The Morgan fingerprint density at radius 1 is 1.35 bits per heavy atom. The maximum Gasteiger partial charge on any atom is 0.198 e. The molecule has 1 aromatic carbocycles.